The molecule has 0 aliphatic rings. The van der Waals surface area contributed by atoms with Crippen molar-refractivity contribution in [3.05, 3.63) is 63.5 Å². The van der Waals surface area contributed by atoms with E-state index in [9.17, 15) is 14.9 Å². The van der Waals surface area contributed by atoms with Crippen molar-refractivity contribution < 1.29 is 23.9 Å². The van der Waals surface area contributed by atoms with Crippen molar-refractivity contribution in [3.8, 4) is 17.2 Å². The van der Waals surface area contributed by atoms with E-state index in [2.05, 4.69) is 11.6 Å². The number of hydrogen-bond acceptors (Lipinski definition) is 7. The zero-order chi connectivity index (χ0) is 21.8. The van der Waals surface area contributed by atoms with Gasteiger partial charge in [-0.3, -0.25) is 14.9 Å². The highest BCUT2D eigenvalue weighted by Crippen LogP contribution is 2.38. The predicted octanol–water partition coefficient (Wildman–Crippen LogP) is 3.56. The third-order valence-corrected chi connectivity index (χ3v) is 5.36. The van der Waals surface area contributed by atoms with E-state index in [-0.39, 0.29) is 11.3 Å². The number of rotatable bonds is 7. The molecule has 1 heterocycles. The standard InChI is InChI=1S/C20H19N3O6S/c1-5-8-22-14-11-13(23(25)26)6-7-17(14)30-20(22)21-19(24)12-9-15(27-2)18(29-4)16(10-12)28-3/h5-7,9-11H,1,8H2,2-4H3. The molecule has 156 valence electrons. The highest BCUT2D eigenvalue weighted by atomic mass is 32.1. The Morgan fingerprint density at radius 1 is 1.20 bits per heavy atom. The Bertz CT molecular complexity index is 1190. The Kier molecular flexibility index (Phi) is 6.17. The molecule has 30 heavy (non-hydrogen) atoms. The van der Waals surface area contributed by atoms with Gasteiger partial charge in [0.15, 0.2) is 16.3 Å². The molecule has 2 aromatic carbocycles. The second-order valence-corrected chi connectivity index (χ2v) is 7.03. The molecule has 0 unspecified atom stereocenters. The number of fused-ring (bicyclic) bond motifs is 1. The molecule has 10 heteroatoms. The molecule has 0 saturated heterocycles. The minimum atomic E-state index is -0.520. The van der Waals surface area contributed by atoms with Gasteiger partial charge in [0, 0.05) is 24.2 Å². The van der Waals surface area contributed by atoms with E-state index in [4.69, 9.17) is 14.2 Å². The lowest BCUT2D eigenvalue weighted by Crippen LogP contribution is -2.16. The number of benzene rings is 2. The van der Waals surface area contributed by atoms with Gasteiger partial charge in [0.1, 0.15) is 0 Å². The van der Waals surface area contributed by atoms with E-state index >= 15 is 0 Å². The molecular weight excluding hydrogens is 410 g/mol. The van der Waals surface area contributed by atoms with Crippen molar-refractivity contribution >= 4 is 33.1 Å². The van der Waals surface area contributed by atoms with Gasteiger partial charge in [-0.25, -0.2) is 0 Å². The summed E-state index contributed by atoms with van der Waals surface area (Å²) in [5.74, 6) is 0.517. The summed E-state index contributed by atoms with van der Waals surface area (Å²) >= 11 is 1.25. The summed E-state index contributed by atoms with van der Waals surface area (Å²) in [6.07, 6.45) is 1.63. The number of amides is 1. The summed E-state index contributed by atoms with van der Waals surface area (Å²) in [6.45, 7) is 4.05. The second kappa shape index (κ2) is 8.78. The molecule has 3 rings (SSSR count). The Balaban J connectivity index is 2.16. The minimum absolute atomic E-state index is 0.0411. The summed E-state index contributed by atoms with van der Waals surface area (Å²) < 4.78 is 18.3. The smallest absolute Gasteiger partial charge is 0.279 e. The number of carbonyl (C=O) groups is 1. The van der Waals surface area contributed by atoms with Gasteiger partial charge in [-0.15, -0.1) is 6.58 Å². The summed E-state index contributed by atoms with van der Waals surface area (Å²) in [6, 6.07) is 7.55. The Hall–Kier alpha value is -3.66. The van der Waals surface area contributed by atoms with Gasteiger partial charge in [0.2, 0.25) is 5.75 Å². The van der Waals surface area contributed by atoms with Crippen molar-refractivity contribution in [3.63, 3.8) is 0 Å². The number of carbonyl (C=O) groups excluding carboxylic acids is 1. The summed E-state index contributed by atoms with van der Waals surface area (Å²) in [5.41, 5.74) is 0.809. The van der Waals surface area contributed by atoms with Crippen molar-refractivity contribution in [1.82, 2.24) is 4.57 Å². The average Bonchev–Trinajstić information content (AvgIpc) is 3.08. The molecule has 0 bridgehead atoms. The van der Waals surface area contributed by atoms with Crippen LogP contribution < -0.4 is 19.0 Å². The summed E-state index contributed by atoms with van der Waals surface area (Å²) in [5, 5.41) is 11.1. The van der Waals surface area contributed by atoms with Gasteiger partial charge in [-0.2, -0.15) is 4.99 Å². The fraction of sp³-hybridized carbons (Fsp3) is 0.200. The van der Waals surface area contributed by atoms with Crippen molar-refractivity contribution in [2.75, 3.05) is 21.3 Å². The molecule has 0 N–H and O–H groups in total. The number of hydrogen-bond donors (Lipinski definition) is 0. The van der Waals surface area contributed by atoms with E-state index in [1.54, 1.807) is 16.7 Å². The molecule has 9 nitrogen and oxygen atoms in total. The molecule has 3 aromatic rings. The van der Waals surface area contributed by atoms with Crippen LogP contribution in [-0.4, -0.2) is 36.7 Å². The number of nitrogens with zero attached hydrogens (tertiary/aromatic N) is 3. The first-order valence-electron chi connectivity index (χ1n) is 8.71. The number of aromatic nitrogens is 1. The molecule has 0 fully saturated rings. The third-order valence-electron chi connectivity index (χ3n) is 4.30. The summed E-state index contributed by atoms with van der Waals surface area (Å²) in [7, 11) is 4.39. The minimum Gasteiger partial charge on any atom is -0.493 e. The molecule has 1 amide bonds. The zero-order valence-electron chi connectivity index (χ0n) is 16.6. The first-order chi connectivity index (χ1) is 14.4. The maximum Gasteiger partial charge on any atom is 0.279 e. The number of nitro benzene ring substituents is 1. The van der Waals surface area contributed by atoms with Gasteiger partial charge in [-0.1, -0.05) is 17.4 Å². The molecular formula is C20H19N3O6S. The van der Waals surface area contributed by atoms with Crippen LogP contribution in [0.15, 0.2) is 48.0 Å². The van der Waals surface area contributed by atoms with Crippen molar-refractivity contribution in [1.29, 1.82) is 0 Å². The monoisotopic (exact) mass is 429 g/mol. The van der Waals surface area contributed by atoms with E-state index in [1.807, 2.05) is 0 Å². The Morgan fingerprint density at radius 2 is 1.87 bits per heavy atom. The zero-order valence-corrected chi connectivity index (χ0v) is 17.4. The van der Waals surface area contributed by atoms with Crippen LogP contribution in [0.25, 0.3) is 10.2 Å². The van der Waals surface area contributed by atoms with Crippen LogP contribution >= 0.6 is 11.3 Å². The lowest BCUT2D eigenvalue weighted by Gasteiger charge is -2.12. The highest BCUT2D eigenvalue weighted by molar-refractivity contribution is 7.16. The van der Waals surface area contributed by atoms with E-state index in [0.29, 0.717) is 34.1 Å². The number of thiazole rings is 1. The van der Waals surface area contributed by atoms with Crippen molar-refractivity contribution in [2.45, 2.75) is 6.54 Å². The Labute approximate surface area is 175 Å². The maximum atomic E-state index is 12.9. The first kappa shape index (κ1) is 21.1. The predicted molar refractivity (Wildman–Crippen MR) is 113 cm³/mol. The van der Waals surface area contributed by atoms with Gasteiger partial charge >= 0.3 is 0 Å². The molecule has 0 saturated carbocycles. The maximum absolute atomic E-state index is 12.9. The van der Waals surface area contributed by atoms with Crippen LogP contribution in [0.3, 0.4) is 0 Å². The van der Waals surface area contributed by atoms with E-state index in [0.717, 1.165) is 4.70 Å². The van der Waals surface area contributed by atoms with Crippen LogP contribution in [0.1, 0.15) is 10.4 Å². The fourth-order valence-corrected chi connectivity index (χ4v) is 3.94. The highest BCUT2D eigenvalue weighted by Gasteiger charge is 2.18. The van der Waals surface area contributed by atoms with E-state index < -0.39 is 10.8 Å². The number of nitro groups is 1. The molecule has 0 radical (unpaired) electrons. The van der Waals surface area contributed by atoms with Crippen LogP contribution in [-0.2, 0) is 6.54 Å². The quantitative estimate of drug-likeness (QED) is 0.323. The van der Waals surface area contributed by atoms with Crippen LogP contribution in [0.4, 0.5) is 5.69 Å². The number of allylic oxidation sites excluding steroid dienone is 1. The first-order valence-corrected chi connectivity index (χ1v) is 9.52. The lowest BCUT2D eigenvalue weighted by atomic mass is 10.1. The van der Waals surface area contributed by atoms with E-state index in [1.165, 1.54) is 56.9 Å². The van der Waals surface area contributed by atoms with Crippen molar-refractivity contribution in [2.24, 2.45) is 4.99 Å². The largest absolute Gasteiger partial charge is 0.493 e. The lowest BCUT2D eigenvalue weighted by molar-refractivity contribution is -0.384. The van der Waals surface area contributed by atoms with Gasteiger partial charge < -0.3 is 18.8 Å². The average molecular weight is 429 g/mol. The molecule has 0 spiro atoms. The molecule has 1 aromatic heterocycles. The normalized spacial score (nSPS) is 11.4. The SMILES string of the molecule is C=CCn1c(=NC(=O)c2cc(OC)c(OC)c(OC)c2)sc2ccc([N+](=O)[O-])cc21. The topological polar surface area (TPSA) is 105 Å². The Morgan fingerprint density at radius 3 is 2.40 bits per heavy atom. The van der Waals surface area contributed by atoms with Crippen LogP contribution in [0.2, 0.25) is 0 Å². The molecule has 0 aliphatic heterocycles. The van der Waals surface area contributed by atoms with Gasteiger partial charge in [0.05, 0.1) is 36.5 Å². The van der Waals surface area contributed by atoms with Gasteiger partial charge in [-0.05, 0) is 18.2 Å². The third kappa shape index (κ3) is 3.90. The number of methoxy groups -OCH3 is 3. The molecule has 0 atom stereocenters. The number of ether oxygens (including phenoxy) is 3. The van der Waals surface area contributed by atoms with Crippen LogP contribution in [0.5, 0.6) is 17.2 Å². The fourth-order valence-electron chi connectivity index (χ4n) is 2.92. The molecule has 0 aliphatic carbocycles. The van der Waals surface area contributed by atoms with Crippen LogP contribution in [0, 0.1) is 10.1 Å². The number of non-ortho nitro benzene ring substituents is 1. The van der Waals surface area contributed by atoms with Gasteiger partial charge in [0.25, 0.3) is 11.6 Å². The second-order valence-electron chi connectivity index (χ2n) is 6.02. The summed E-state index contributed by atoms with van der Waals surface area (Å²) in [4.78, 5) is 28.2.